The molecule has 0 aromatic heterocycles. The highest BCUT2D eigenvalue weighted by atomic mass is 19.1. The van der Waals surface area contributed by atoms with Crippen molar-refractivity contribution >= 4 is 0 Å². The Morgan fingerprint density at radius 3 is 3.00 bits per heavy atom. The number of rotatable bonds is 3. The van der Waals surface area contributed by atoms with Crippen molar-refractivity contribution in [1.29, 1.82) is 0 Å². The first kappa shape index (κ1) is 9.66. The van der Waals surface area contributed by atoms with Crippen molar-refractivity contribution in [1.82, 2.24) is 5.32 Å². The summed E-state index contributed by atoms with van der Waals surface area (Å²) in [6, 6.07) is 6.99. The van der Waals surface area contributed by atoms with Gasteiger partial charge in [-0.3, -0.25) is 0 Å². The van der Waals surface area contributed by atoms with E-state index in [1.54, 1.807) is 12.1 Å². The minimum Gasteiger partial charge on any atom is -0.319 e. The Labute approximate surface area is 84.3 Å². The van der Waals surface area contributed by atoms with Crippen LogP contribution in [0.5, 0.6) is 0 Å². The molecule has 1 saturated carbocycles. The van der Waals surface area contributed by atoms with E-state index in [0.29, 0.717) is 5.92 Å². The predicted molar refractivity (Wildman–Crippen MR) is 55.8 cm³/mol. The third-order valence-electron chi connectivity index (χ3n) is 3.35. The van der Waals surface area contributed by atoms with Gasteiger partial charge >= 0.3 is 0 Å². The van der Waals surface area contributed by atoms with Crippen molar-refractivity contribution in [2.24, 2.45) is 5.92 Å². The highest BCUT2D eigenvalue weighted by Crippen LogP contribution is 2.53. The highest BCUT2D eigenvalue weighted by Gasteiger charge is 2.50. The second-order valence-electron chi connectivity index (χ2n) is 4.39. The predicted octanol–water partition coefficient (Wildman–Crippen LogP) is 2.32. The third kappa shape index (κ3) is 1.55. The fourth-order valence-electron chi connectivity index (χ4n) is 2.19. The molecule has 2 atom stereocenters. The van der Waals surface area contributed by atoms with Gasteiger partial charge in [-0.15, -0.1) is 0 Å². The zero-order valence-electron chi connectivity index (χ0n) is 8.68. The number of halogens is 1. The minimum atomic E-state index is -0.126. The number of nitrogens with one attached hydrogen (secondary N) is 1. The molecule has 1 aromatic carbocycles. The van der Waals surface area contributed by atoms with Gasteiger partial charge in [-0.1, -0.05) is 19.1 Å². The average Bonchev–Trinajstić information content (AvgIpc) is 2.79. The Hall–Kier alpha value is -0.890. The van der Waals surface area contributed by atoms with E-state index in [1.165, 1.54) is 6.07 Å². The van der Waals surface area contributed by atoms with Gasteiger partial charge in [0.1, 0.15) is 5.82 Å². The molecule has 0 spiro atoms. The van der Waals surface area contributed by atoms with Crippen LogP contribution in [0, 0.1) is 11.7 Å². The van der Waals surface area contributed by atoms with E-state index in [4.69, 9.17) is 0 Å². The van der Waals surface area contributed by atoms with Crippen LogP contribution in [0.2, 0.25) is 0 Å². The fourth-order valence-corrected chi connectivity index (χ4v) is 2.19. The largest absolute Gasteiger partial charge is 0.319 e. The summed E-state index contributed by atoms with van der Waals surface area (Å²) in [5, 5.41) is 3.18. The van der Waals surface area contributed by atoms with Crippen LogP contribution < -0.4 is 5.32 Å². The molecular weight excluding hydrogens is 177 g/mol. The van der Waals surface area contributed by atoms with Crippen LogP contribution in [0.4, 0.5) is 4.39 Å². The number of benzene rings is 1. The van der Waals surface area contributed by atoms with Crippen molar-refractivity contribution in [2.75, 3.05) is 13.6 Å². The summed E-state index contributed by atoms with van der Waals surface area (Å²) in [5.41, 5.74) is 1.34. The van der Waals surface area contributed by atoms with Gasteiger partial charge in [-0.25, -0.2) is 4.39 Å². The summed E-state index contributed by atoms with van der Waals surface area (Å²) in [4.78, 5) is 0. The molecule has 76 valence electrons. The Morgan fingerprint density at radius 2 is 2.36 bits per heavy atom. The molecule has 1 aromatic rings. The van der Waals surface area contributed by atoms with E-state index in [-0.39, 0.29) is 11.2 Å². The molecule has 0 radical (unpaired) electrons. The van der Waals surface area contributed by atoms with E-state index < -0.39 is 0 Å². The molecule has 1 fully saturated rings. The smallest absolute Gasteiger partial charge is 0.123 e. The second kappa shape index (κ2) is 3.35. The highest BCUT2D eigenvalue weighted by molar-refractivity contribution is 5.33. The van der Waals surface area contributed by atoms with Gasteiger partial charge in [0.2, 0.25) is 0 Å². The van der Waals surface area contributed by atoms with E-state index >= 15 is 0 Å². The quantitative estimate of drug-likeness (QED) is 0.776. The van der Waals surface area contributed by atoms with Crippen LogP contribution in [-0.4, -0.2) is 13.6 Å². The summed E-state index contributed by atoms with van der Waals surface area (Å²) in [7, 11) is 1.96. The maximum Gasteiger partial charge on any atom is 0.123 e. The summed E-state index contributed by atoms with van der Waals surface area (Å²) in [6.45, 7) is 3.23. The van der Waals surface area contributed by atoms with Crippen LogP contribution in [0.15, 0.2) is 24.3 Å². The third-order valence-corrected chi connectivity index (χ3v) is 3.35. The molecule has 2 heteroatoms. The molecular formula is C12H16FN. The van der Waals surface area contributed by atoms with Crippen LogP contribution in [0.3, 0.4) is 0 Å². The molecule has 1 N–H and O–H groups in total. The molecule has 0 amide bonds. The summed E-state index contributed by atoms with van der Waals surface area (Å²) < 4.78 is 13.0. The van der Waals surface area contributed by atoms with Crippen molar-refractivity contribution in [3.8, 4) is 0 Å². The number of hydrogen-bond donors (Lipinski definition) is 1. The lowest BCUT2D eigenvalue weighted by Gasteiger charge is -2.11. The molecule has 0 bridgehead atoms. The monoisotopic (exact) mass is 193 g/mol. The summed E-state index contributed by atoms with van der Waals surface area (Å²) >= 11 is 0. The first-order chi connectivity index (χ1) is 6.66. The fraction of sp³-hybridized carbons (Fsp3) is 0.500. The summed E-state index contributed by atoms with van der Waals surface area (Å²) in [6.07, 6.45) is 1.16. The first-order valence-electron chi connectivity index (χ1n) is 5.07. The molecule has 1 aliphatic carbocycles. The zero-order chi connectivity index (χ0) is 10.2. The maximum atomic E-state index is 13.0. The van der Waals surface area contributed by atoms with Gasteiger partial charge in [0.15, 0.2) is 0 Å². The lowest BCUT2D eigenvalue weighted by atomic mass is 9.95. The molecule has 14 heavy (non-hydrogen) atoms. The van der Waals surface area contributed by atoms with Gasteiger partial charge in [-0.2, -0.15) is 0 Å². The molecule has 1 aliphatic rings. The minimum absolute atomic E-state index is 0.126. The van der Waals surface area contributed by atoms with E-state index in [1.807, 2.05) is 13.1 Å². The van der Waals surface area contributed by atoms with Crippen molar-refractivity contribution in [2.45, 2.75) is 18.8 Å². The first-order valence-corrected chi connectivity index (χ1v) is 5.07. The normalized spacial score (nSPS) is 30.4. The van der Waals surface area contributed by atoms with Crippen molar-refractivity contribution in [3.63, 3.8) is 0 Å². The number of hydrogen-bond acceptors (Lipinski definition) is 1. The van der Waals surface area contributed by atoms with Gasteiger partial charge in [0, 0.05) is 0 Å². The van der Waals surface area contributed by atoms with Crippen LogP contribution >= 0.6 is 0 Å². The Kier molecular flexibility index (Phi) is 2.31. The second-order valence-corrected chi connectivity index (χ2v) is 4.39. The van der Waals surface area contributed by atoms with E-state index in [2.05, 4.69) is 12.2 Å². The molecule has 2 unspecified atom stereocenters. The SMILES string of the molecule is CNCC1CC1(C)c1cccc(F)c1. The Morgan fingerprint density at radius 1 is 1.57 bits per heavy atom. The van der Waals surface area contributed by atoms with Gasteiger partial charge in [0.25, 0.3) is 0 Å². The Balaban J connectivity index is 2.17. The Bertz CT molecular complexity index is 337. The van der Waals surface area contributed by atoms with Gasteiger partial charge in [-0.05, 0) is 49.0 Å². The zero-order valence-corrected chi connectivity index (χ0v) is 8.68. The molecule has 0 aliphatic heterocycles. The van der Waals surface area contributed by atoms with Crippen LogP contribution in [0.25, 0.3) is 0 Å². The molecule has 2 rings (SSSR count). The van der Waals surface area contributed by atoms with Crippen LogP contribution in [-0.2, 0) is 5.41 Å². The molecule has 1 nitrogen and oxygen atoms in total. The van der Waals surface area contributed by atoms with Crippen molar-refractivity contribution in [3.05, 3.63) is 35.6 Å². The average molecular weight is 193 g/mol. The lowest BCUT2D eigenvalue weighted by Crippen LogP contribution is -2.15. The molecule has 0 heterocycles. The lowest BCUT2D eigenvalue weighted by molar-refractivity contribution is 0.598. The van der Waals surface area contributed by atoms with Crippen LogP contribution in [0.1, 0.15) is 18.9 Å². The van der Waals surface area contributed by atoms with Gasteiger partial charge in [0.05, 0.1) is 0 Å². The maximum absolute atomic E-state index is 13.0. The van der Waals surface area contributed by atoms with Crippen molar-refractivity contribution < 1.29 is 4.39 Å². The standard InChI is InChI=1S/C12H16FN/c1-12(7-10(12)8-14-2)9-4-3-5-11(13)6-9/h3-6,10,14H,7-8H2,1-2H3. The van der Waals surface area contributed by atoms with Gasteiger partial charge < -0.3 is 5.32 Å². The van der Waals surface area contributed by atoms with E-state index in [0.717, 1.165) is 18.5 Å². The van der Waals surface area contributed by atoms with E-state index in [9.17, 15) is 4.39 Å². The topological polar surface area (TPSA) is 12.0 Å². The summed E-state index contributed by atoms with van der Waals surface area (Å²) in [5.74, 6) is 0.535. The molecule has 0 saturated heterocycles.